The van der Waals surface area contributed by atoms with Crippen molar-refractivity contribution in [2.24, 2.45) is 0 Å². The summed E-state index contributed by atoms with van der Waals surface area (Å²) in [5.74, 6) is 0.507. The van der Waals surface area contributed by atoms with Crippen molar-refractivity contribution in [2.45, 2.75) is 13.2 Å². The molecule has 0 unspecified atom stereocenters. The molecule has 3 aromatic carbocycles. The summed E-state index contributed by atoms with van der Waals surface area (Å²) in [4.78, 5) is 12.5. The number of halogens is 3. The summed E-state index contributed by atoms with van der Waals surface area (Å²) in [6, 6.07) is 20.7. The predicted octanol–water partition coefficient (Wildman–Crippen LogP) is 6.32. The number of hydrogen-bond donors (Lipinski definition) is 1. The van der Waals surface area contributed by atoms with Crippen LogP contribution in [-0.4, -0.2) is 15.7 Å². The van der Waals surface area contributed by atoms with Crippen LogP contribution in [-0.2, 0) is 13.2 Å². The molecule has 0 aliphatic carbocycles. The highest BCUT2D eigenvalue weighted by Crippen LogP contribution is 2.25. The van der Waals surface area contributed by atoms with Crippen LogP contribution in [0.2, 0.25) is 5.02 Å². The van der Waals surface area contributed by atoms with Crippen molar-refractivity contribution in [3.8, 4) is 5.75 Å². The van der Waals surface area contributed by atoms with E-state index in [1.807, 2.05) is 36.4 Å². The van der Waals surface area contributed by atoms with Crippen LogP contribution < -0.4 is 10.1 Å². The summed E-state index contributed by atoms with van der Waals surface area (Å²) in [5, 5.41) is 7.43. The van der Waals surface area contributed by atoms with Crippen LogP contribution in [0, 0.1) is 5.82 Å². The second-order valence-electron chi connectivity index (χ2n) is 7.00. The Balaban J connectivity index is 1.34. The third-order valence-corrected chi connectivity index (χ3v) is 5.68. The van der Waals surface area contributed by atoms with Crippen molar-refractivity contribution >= 4 is 39.3 Å². The number of ether oxygens (including phenoxy) is 1. The van der Waals surface area contributed by atoms with Gasteiger partial charge in [0.25, 0.3) is 5.91 Å². The van der Waals surface area contributed by atoms with Gasteiger partial charge in [0.05, 0.1) is 11.0 Å². The lowest BCUT2D eigenvalue weighted by molar-refractivity contribution is 0.102. The van der Waals surface area contributed by atoms with Crippen LogP contribution in [0.25, 0.3) is 0 Å². The third kappa shape index (κ3) is 5.55. The summed E-state index contributed by atoms with van der Waals surface area (Å²) in [6.07, 6.45) is 1.72. The molecule has 1 aromatic heterocycles. The number of benzene rings is 3. The van der Waals surface area contributed by atoms with Gasteiger partial charge in [-0.2, -0.15) is 5.10 Å². The summed E-state index contributed by atoms with van der Waals surface area (Å²) in [7, 11) is 0. The first kappa shape index (κ1) is 22.0. The molecule has 0 spiro atoms. The van der Waals surface area contributed by atoms with Crippen LogP contribution >= 0.6 is 27.5 Å². The van der Waals surface area contributed by atoms with E-state index in [1.54, 1.807) is 35.1 Å². The quantitative estimate of drug-likeness (QED) is 0.314. The Kier molecular flexibility index (Phi) is 6.87. The van der Waals surface area contributed by atoms with E-state index in [9.17, 15) is 9.18 Å². The van der Waals surface area contributed by atoms with Crippen LogP contribution in [0.4, 0.5) is 10.2 Å². The highest BCUT2D eigenvalue weighted by Gasteiger charge is 2.10. The van der Waals surface area contributed by atoms with Crippen molar-refractivity contribution in [1.82, 2.24) is 9.78 Å². The maximum atomic E-state index is 13.2. The summed E-state index contributed by atoms with van der Waals surface area (Å²) in [5.41, 5.74) is 2.18. The molecule has 8 heteroatoms. The average molecular weight is 515 g/mol. The Morgan fingerprint density at radius 3 is 2.62 bits per heavy atom. The lowest BCUT2D eigenvalue weighted by Gasteiger charge is -2.09. The normalized spacial score (nSPS) is 10.7. The molecule has 0 radical (unpaired) electrons. The minimum absolute atomic E-state index is 0.270. The number of nitrogens with zero attached hydrogens (tertiary/aromatic N) is 2. The van der Waals surface area contributed by atoms with Gasteiger partial charge in [0.2, 0.25) is 0 Å². The van der Waals surface area contributed by atoms with Crippen LogP contribution in [0.15, 0.2) is 83.5 Å². The highest BCUT2D eigenvalue weighted by molar-refractivity contribution is 9.10. The first-order valence-corrected chi connectivity index (χ1v) is 10.9. The van der Waals surface area contributed by atoms with Crippen LogP contribution in [0.1, 0.15) is 21.5 Å². The summed E-state index contributed by atoms with van der Waals surface area (Å²) in [6.45, 7) is 0.752. The molecular formula is C24H18BrClFN3O2. The largest absolute Gasteiger partial charge is 0.488 e. The zero-order valence-corrected chi connectivity index (χ0v) is 19.1. The zero-order valence-electron chi connectivity index (χ0n) is 16.8. The number of carbonyl (C=O) groups is 1. The van der Waals surface area contributed by atoms with Crippen molar-refractivity contribution in [2.75, 3.05) is 5.32 Å². The molecule has 0 atom stereocenters. The first-order chi connectivity index (χ1) is 15.5. The third-order valence-electron chi connectivity index (χ3n) is 4.68. The molecular weight excluding hydrogens is 497 g/mol. The lowest BCUT2D eigenvalue weighted by Crippen LogP contribution is -2.13. The Morgan fingerprint density at radius 1 is 1.09 bits per heavy atom. The van der Waals surface area contributed by atoms with Crippen LogP contribution in [0.5, 0.6) is 5.75 Å². The van der Waals surface area contributed by atoms with E-state index in [-0.39, 0.29) is 5.91 Å². The molecule has 4 aromatic rings. The van der Waals surface area contributed by atoms with Gasteiger partial charge in [0, 0.05) is 22.8 Å². The van der Waals surface area contributed by atoms with Gasteiger partial charge >= 0.3 is 0 Å². The van der Waals surface area contributed by atoms with Gasteiger partial charge in [-0.1, -0.05) is 41.9 Å². The van der Waals surface area contributed by atoms with E-state index in [0.29, 0.717) is 29.6 Å². The van der Waals surface area contributed by atoms with E-state index in [4.69, 9.17) is 16.3 Å². The predicted molar refractivity (Wildman–Crippen MR) is 126 cm³/mol. The summed E-state index contributed by atoms with van der Waals surface area (Å²) >= 11 is 9.52. The van der Waals surface area contributed by atoms with E-state index >= 15 is 0 Å². The van der Waals surface area contributed by atoms with Crippen molar-refractivity contribution in [3.05, 3.63) is 111 Å². The topological polar surface area (TPSA) is 56.2 Å². The lowest BCUT2D eigenvalue weighted by atomic mass is 10.1. The maximum Gasteiger partial charge on any atom is 0.256 e. The standard InChI is InChI=1S/C24H18BrClFN3O2/c25-20-3-1-2-4-22(20)32-15-16-5-7-17(8-6-16)24(31)28-23-11-12-30(29-23)14-18-9-10-19(27)13-21(18)26/h1-13H,14-15H2,(H,28,29,31). The number of anilines is 1. The smallest absolute Gasteiger partial charge is 0.256 e. The number of nitrogens with one attached hydrogen (secondary N) is 1. The fraction of sp³-hybridized carbons (Fsp3) is 0.0833. The molecule has 1 N–H and O–H groups in total. The minimum atomic E-state index is -0.391. The second-order valence-corrected chi connectivity index (χ2v) is 8.27. The molecule has 4 rings (SSSR count). The van der Waals surface area contributed by atoms with Crippen molar-refractivity contribution in [1.29, 1.82) is 0 Å². The molecule has 0 bridgehead atoms. The Hall–Kier alpha value is -3.16. The molecule has 1 amide bonds. The fourth-order valence-electron chi connectivity index (χ4n) is 3.00. The molecule has 0 saturated heterocycles. The molecule has 1 heterocycles. The Morgan fingerprint density at radius 2 is 1.88 bits per heavy atom. The SMILES string of the molecule is O=C(Nc1ccn(Cc2ccc(F)cc2Cl)n1)c1ccc(COc2ccccc2Br)cc1. The number of carbonyl (C=O) groups excluding carboxylic acids is 1. The molecule has 0 saturated carbocycles. The Labute approximate surface area is 197 Å². The zero-order chi connectivity index (χ0) is 22.5. The molecule has 0 aliphatic rings. The molecule has 162 valence electrons. The fourth-order valence-corrected chi connectivity index (χ4v) is 3.63. The number of para-hydroxylation sites is 1. The maximum absolute atomic E-state index is 13.2. The van der Waals surface area contributed by atoms with Crippen molar-refractivity contribution in [3.63, 3.8) is 0 Å². The summed E-state index contributed by atoms with van der Waals surface area (Å²) < 4.78 is 21.5. The number of hydrogen-bond acceptors (Lipinski definition) is 3. The molecule has 0 fully saturated rings. The molecule has 5 nitrogen and oxygen atoms in total. The van der Waals surface area contributed by atoms with Gasteiger partial charge in [-0.15, -0.1) is 0 Å². The number of aromatic nitrogens is 2. The van der Waals surface area contributed by atoms with Gasteiger partial charge in [0.15, 0.2) is 5.82 Å². The van der Waals surface area contributed by atoms with Crippen molar-refractivity contribution < 1.29 is 13.9 Å². The Bertz CT molecular complexity index is 1240. The van der Waals surface area contributed by atoms with Gasteiger partial charge in [-0.05, 0) is 63.5 Å². The second kappa shape index (κ2) is 9.97. The minimum Gasteiger partial charge on any atom is -0.488 e. The monoisotopic (exact) mass is 513 g/mol. The van der Waals surface area contributed by atoms with Gasteiger partial charge in [-0.25, -0.2) is 4.39 Å². The number of rotatable bonds is 7. The van der Waals surface area contributed by atoms with E-state index < -0.39 is 5.82 Å². The van der Waals surface area contributed by atoms with Gasteiger partial charge in [0.1, 0.15) is 18.2 Å². The molecule has 0 aliphatic heterocycles. The molecule has 32 heavy (non-hydrogen) atoms. The van der Waals surface area contributed by atoms with Gasteiger partial charge in [-0.3, -0.25) is 9.48 Å². The highest BCUT2D eigenvalue weighted by atomic mass is 79.9. The van der Waals surface area contributed by atoms with E-state index in [1.165, 1.54) is 12.1 Å². The van der Waals surface area contributed by atoms with Gasteiger partial charge < -0.3 is 10.1 Å². The number of amides is 1. The first-order valence-electron chi connectivity index (χ1n) is 9.73. The van der Waals surface area contributed by atoms with E-state index in [0.717, 1.165) is 21.3 Å². The van der Waals surface area contributed by atoms with Crippen LogP contribution in [0.3, 0.4) is 0 Å². The van der Waals surface area contributed by atoms with E-state index in [2.05, 4.69) is 26.3 Å². The average Bonchev–Trinajstić information content (AvgIpc) is 3.22.